The molecule has 2 amide bonds. The van der Waals surface area contributed by atoms with Crippen molar-refractivity contribution in [2.24, 2.45) is 0 Å². The van der Waals surface area contributed by atoms with E-state index < -0.39 is 6.10 Å². The summed E-state index contributed by atoms with van der Waals surface area (Å²) in [4.78, 5) is 23.5. The van der Waals surface area contributed by atoms with Gasteiger partial charge in [0, 0.05) is 12.7 Å². The van der Waals surface area contributed by atoms with Crippen LogP contribution in [0.15, 0.2) is 48.5 Å². The Hall–Kier alpha value is -2.37. The molecule has 0 bridgehead atoms. The van der Waals surface area contributed by atoms with E-state index in [9.17, 15) is 14.7 Å². The van der Waals surface area contributed by atoms with Crippen molar-refractivity contribution in [2.45, 2.75) is 12.5 Å². The van der Waals surface area contributed by atoms with E-state index in [1.165, 1.54) is 19.2 Å². The van der Waals surface area contributed by atoms with Crippen LogP contribution in [-0.2, 0) is 4.79 Å². The molecule has 5 nitrogen and oxygen atoms in total. The molecule has 0 radical (unpaired) electrons. The third-order valence-electron chi connectivity index (χ3n) is 3.29. The van der Waals surface area contributed by atoms with E-state index in [-0.39, 0.29) is 23.3 Å². The van der Waals surface area contributed by atoms with E-state index in [2.05, 4.69) is 10.6 Å². The lowest BCUT2D eigenvalue weighted by Crippen LogP contribution is -2.19. The van der Waals surface area contributed by atoms with Gasteiger partial charge in [0.15, 0.2) is 0 Å². The number of rotatable bonds is 5. The summed E-state index contributed by atoms with van der Waals surface area (Å²) in [6, 6.07) is 13.6. The number of anilines is 1. The van der Waals surface area contributed by atoms with Gasteiger partial charge in [0.1, 0.15) is 0 Å². The Balaban J connectivity index is 2.00. The Morgan fingerprint density at radius 2 is 1.87 bits per heavy atom. The fourth-order valence-corrected chi connectivity index (χ4v) is 2.36. The van der Waals surface area contributed by atoms with Gasteiger partial charge in [-0.25, -0.2) is 0 Å². The van der Waals surface area contributed by atoms with Gasteiger partial charge in [0.05, 0.1) is 23.1 Å². The highest BCUT2D eigenvalue weighted by atomic mass is 35.5. The first-order valence-electron chi connectivity index (χ1n) is 7.05. The number of halogens is 1. The van der Waals surface area contributed by atoms with Crippen LogP contribution in [0.4, 0.5) is 5.69 Å². The molecular formula is C17H17ClN2O3. The molecule has 0 aliphatic heterocycles. The maximum atomic E-state index is 12.0. The van der Waals surface area contributed by atoms with E-state index >= 15 is 0 Å². The molecule has 6 heteroatoms. The van der Waals surface area contributed by atoms with Crippen LogP contribution in [0.1, 0.15) is 28.4 Å². The molecule has 0 saturated heterocycles. The summed E-state index contributed by atoms with van der Waals surface area (Å²) in [5.74, 6) is -0.641. The maximum Gasteiger partial charge on any atom is 0.252 e. The maximum absolute atomic E-state index is 12.0. The number of hydrogen-bond donors (Lipinski definition) is 3. The topological polar surface area (TPSA) is 78.4 Å². The fraction of sp³-hybridized carbons (Fsp3) is 0.176. The van der Waals surface area contributed by atoms with Crippen molar-refractivity contribution in [1.29, 1.82) is 0 Å². The largest absolute Gasteiger partial charge is 0.388 e. The Morgan fingerprint density at radius 3 is 2.48 bits per heavy atom. The van der Waals surface area contributed by atoms with Crippen molar-refractivity contribution in [3.05, 3.63) is 64.7 Å². The zero-order chi connectivity index (χ0) is 16.8. The van der Waals surface area contributed by atoms with Crippen LogP contribution < -0.4 is 10.6 Å². The highest BCUT2D eigenvalue weighted by molar-refractivity contribution is 6.34. The fourth-order valence-electron chi connectivity index (χ4n) is 2.09. The molecule has 0 saturated carbocycles. The van der Waals surface area contributed by atoms with Gasteiger partial charge < -0.3 is 15.7 Å². The van der Waals surface area contributed by atoms with Crippen molar-refractivity contribution in [3.63, 3.8) is 0 Å². The first-order valence-corrected chi connectivity index (χ1v) is 7.43. The van der Waals surface area contributed by atoms with E-state index in [0.29, 0.717) is 16.8 Å². The van der Waals surface area contributed by atoms with Gasteiger partial charge >= 0.3 is 0 Å². The number of hydrogen-bond acceptors (Lipinski definition) is 3. The second kappa shape index (κ2) is 7.76. The van der Waals surface area contributed by atoms with Gasteiger partial charge in [0.2, 0.25) is 5.91 Å². The van der Waals surface area contributed by atoms with E-state index in [1.807, 2.05) is 6.07 Å². The minimum Gasteiger partial charge on any atom is -0.388 e. The van der Waals surface area contributed by atoms with E-state index in [4.69, 9.17) is 11.6 Å². The number of aliphatic hydroxyl groups excluding tert-OH is 1. The molecular weight excluding hydrogens is 316 g/mol. The van der Waals surface area contributed by atoms with Gasteiger partial charge in [0.25, 0.3) is 5.91 Å². The number of aliphatic hydroxyl groups is 1. The van der Waals surface area contributed by atoms with Crippen LogP contribution >= 0.6 is 11.6 Å². The van der Waals surface area contributed by atoms with Crippen molar-refractivity contribution in [3.8, 4) is 0 Å². The molecule has 0 spiro atoms. The van der Waals surface area contributed by atoms with Gasteiger partial charge in [-0.2, -0.15) is 0 Å². The summed E-state index contributed by atoms with van der Waals surface area (Å²) in [5.41, 5.74) is 1.47. The van der Waals surface area contributed by atoms with Crippen LogP contribution in [0.25, 0.3) is 0 Å². The Labute approximate surface area is 139 Å². The molecule has 0 fully saturated rings. The Bertz CT molecular complexity index is 704. The average Bonchev–Trinajstić information content (AvgIpc) is 2.55. The first kappa shape index (κ1) is 17.0. The Kier molecular flexibility index (Phi) is 5.73. The zero-order valence-corrected chi connectivity index (χ0v) is 13.3. The molecule has 120 valence electrons. The number of carbonyl (C=O) groups excluding carboxylic acids is 2. The van der Waals surface area contributed by atoms with Gasteiger partial charge in [-0.3, -0.25) is 9.59 Å². The van der Waals surface area contributed by atoms with Crippen LogP contribution in [0.5, 0.6) is 0 Å². The highest BCUT2D eigenvalue weighted by Crippen LogP contribution is 2.22. The molecule has 0 aliphatic carbocycles. The molecule has 0 aromatic heterocycles. The average molecular weight is 333 g/mol. The quantitative estimate of drug-likeness (QED) is 0.787. The summed E-state index contributed by atoms with van der Waals surface area (Å²) in [6.07, 6.45) is -0.949. The smallest absolute Gasteiger partial charge is 0.252 e. The molecule has 0 heterocycles. The van der Waals surface area contributed by atoms with Crippen molar-refractivity contribution >= 4 is 29.1 Å². The molecule has 2 rings (SSSR count). The summed E-state index contributed by atoms with van der Waals surface area (Å²) in [6.45, 7) is 0. The Morgan fingerprint density at radius 1 is 1.17 bits per heavy atom. The second-order valence-corrected chi connectivity index (χ2v) is 5.36. The normalized spacial score (nSPS) is 11.6. The molecule has 0 aliphatic rings. The summed E-state index contributed by atoms with van der Waals surface area (Å²) >= 11 is 6.03. The van der Waals surface area contributed by atoms with Crippen molar-refractivity contribution < 1.29 is 14.7 Å². The lowest BCUT2D eigenvalue weighted by atomic mass is 10.1. The lowest BCUT2D eigenvalue weighted by molar-refractivity contribution is -0.118. The summed E-state index contributed by atoms with van der Waals surface area (Å²) in [7, 11) is 1.51. The SMILES string of the molecule is CNC(=O)c1ccc(NC(=O)CC(O)c2ccccc2)cc1Cl. The van der Waals surface area contributed by atoms with Gasteiger partial charge in [-0.05, 0) is 23.8 Å². The lowest BCUT2D eigenvalue weighted by Gasteiger charge is -2.12. The third-order valence-corrected chi connectivity index (χ3v) is 3.60. The number of amides is 2. The predicted octanol–water partition coefficient (Wildman–Crippen LogP) is 2.76. The standard InChI is InChI=1S/C17H17ClN2O3/c1-19-17(23)13-8-7-12(9-14(13)18)20-16(22)10-15(21)11-5-3-2-4-6-11/h2-9,15,21H,10H2,1H3,(H,19,23)(H,20,22). The predicted molar refractivity (Wildman–Crippen MR) is 89.5 cm³/mol. The number of nitrogens with one attached hydrogen (secondary N) is 2. The van der Waals surface area contributed by atoms with Crippen LogP contribution in [0.2, 0.25) is 5.02 Å². The van der Waals surface area contributed by atoms with Gasteiger partial charge in [-0.1, -0.05) is 41.9 Å². The molecule has 2 aromatic rings. The van der Waals surface area contributed by atoms with Gasteiger partial charge in [-0.15, -0.1) is 0 Å². The zero-order valence-electron chi connectivity index (χ0n) is 12.5. The number of carbonyl (C=O) groups is 2. The highest BCUT2D eigenvalue weighted by Gasteiger charge is 2.14. The molecule has 1 unspecified atom stereocenters. The van der Waals surface area contributed by atoms with Crippen LogP contribution in [0, 0.1) is 0 Å². The molecule has 1 atom stereocenters. The van der Waals surface area contributed by atoms with Crippen LogP contribution in [0.3, 0.4) is 0 Å². The minimum absolute atomic E-state index is 0.0706. The van der Waals surface area contributed by atoms with Crippen LogP contribution in [-0.4, -0.2) is 24.0 Å². The molecule has 2 aromatic carbocycles. The van der Waals surface area contributed by atoms with Crippen molar-refractivity contribution in [1.82, 2.24) is 5.32 Å². The van der Waals surface area contributed by atoms with E-state index in [0.717, 1.165) is 0 Å². The number of benzene rings is 2. The summed E-state index contributed by atoms with van der Waals surface area (Å²) < 4.78 is 0. The summed E-state index contributed by atoms with van der Waals surface area (Å²) in [5, 5.41) is 15.4. The van der Waals surface area contributed by atoms with Crippen molar-refractivity contribution in [2.75, 3.05) is 12.4 Å². The second-order valence-electron chi connectivity index (χ2n) is 4.95. The third kappa shape index (κ3) is 4.55. The minimum atomic E-state index is -0.878. The first-order chi connectivity index (χ1) is 11.0. The molecule has 23 heavy (non-hydrogen) atoms. The van der Waals surface area contributed by atoms with E-state index in [1.54, 1.807) is 30.3 Å². The monoisotopic (exact) mass is 332 g/mol. The molecule has 3 N–H and O–H groups in total.